The van der Waals surface area contributed by atoms with Crippen LogP contribution in [0.25, 0.3) is 0 Å². The van der Waals surface area contributed by atoms with E-state index in [1.807, 2.05) is 0 Å². The van der Waals surface area contributed by atoms with Gasteiger partial charge in [0, 0.05) is 35.6 Å². The molecule has 1 fully saturated rings. The molecule has 1 aliphatic rings. The van der Waals surface area contributed by atoms with Crippen molar-refractivity contribution in [3.63, 3.8) is 0 Å². The third kappa shape index (κ3) is 3.70. The molecule has 0 saturated carbocycles. The number of carbonyl (C=O) groups excluding carboxylic acids is 2. The molecule has 0 atom stereocenters. The third-order valence-electron chi connectivity index (χ3n) is 4.10. The van der Waals surface area contributed by atoms with E-state index in [1.54, 1.807) is 42.2 Å². The van der Waals surface area contributed by atoms with Crippen molar-refractivity contribution < 1.29 is 19.2 Å². The first-order chi connectivity index (χ1) is 12.5. The number of nitro groups is 1. The van der Waals surface area contributed by atoms with Gasteiger partial charge in [0.15, 0.2) is 0 Å². The van der Waals surface area contributed by atoms with E-state index in [2.05, 4.69) is 5.32 Å². The summed E-state index contributed by atoms with van der Waals surface area (Å²) in [5.74, 6) is -0.540. The first-order valence-electron chi connectivity index (χ1n) is 8.00. The molecule has 1 aliphatic heterocycles. The average molecular weight is 355 g/mol. The molecule has 134 valence electrons. The molecule has 0 aliphatic carbocycles. The highest BCUT2D eigenvalue weighted by Crippen LogP contribution is 2.22. The molecule has 0 spiro atoms. The minimum atomic E-state index is -0.537. The van der Waals surface area contributed by atoms with Gasteiger partial charge in [-0.05, 0) is 36.8 Å². The first-order valence-corrected chi connectivity index (χ1v) is 8.00. The number of rotatable bonds is 4. The van der Waals surface area contributed by atoms with Gasteiger partial charge in [-0.15, -0.1) is 0 Å². The van der Waals surface area contributed by atoms with Gasteiger partial charge < -0.3 is 15.0 Å². The van der Waals surface area contributed by atoms with Gasteiger partial charge in [0.25, 0.3) is 17.5 Å². The number of hydrogen-bond acceptors (Lipinski definition) is 5. The highest BCUT2D eigenvalue weighted by Gasteiger charge is 2.20. The van der Waals surface area contributed by atoms with Gasteiger partial charge in [0.05, 0.1) is 11.5 Å². The summed E-state index contributed by atoms with van der Waals surface area (Å²) in [6.45, 7) is 2.74. The van der Waals surface area contributed by atoms with Crippen molar-refractivity contribution in [3.05, 3.63) is 63.7 Å². The fourth-order valence-electron chi connectivity index (χ4n) is 2.68. The summed E-state index contributed by atoms with van der Waals surface area (Å²) in [5, 5.41) is 13.6. The number of nitrogens with one attached hydrogen (secondary N) is 1. The third-order valence-corrected chi connectivity index (χ3v) is 4.10. The van der Waals surface area contributed by atoms with Crippen molar-refractivity contribution in [1.82, 2.24) is 0 Å². The second kappa shape index (κ2) is 7.32. The Morgan fingerprint density at radius 2 is 1.96 bits per heavy atom. The lowest BCUT2D eigenvalue weighted by atomic mass is 10.1. The van der Waals surface area contributed by atoms with Crippen LogP contribution in [-0.2, 0) is 9.53 Å². The van der Waals surface area contributed by atoms with Crippen LogP contribution in [0.15, 0.2) is 42.5 Å². The number of ether oxygens (including phenoxy) is 1. The van der Waals surface area contributed by atoms with Crippen molar-refractivity contribution >= 4 is 28.9 Å². The zero-order chi connectivity index (χ0) is 18.7. The molecule has 2 aromatic rings. The number of carbonyl (C=O) groups is 2. The van der Waals surface area contributed by atoms with Gasteiger partial charge in [0.1, 0.15) is 6.61 Å². The number of hydrogen-bond donors (Lipinski definition) is 1. The average Bonchev–Trinajstić information content (AvgIpc) is 2.63. The summed E-state index contributed by atoms with van der Waals surface area (Å²) in [5.41, 5.74) is 2.00. The molecule has 1 heterocycles. The molecule has 3 rings (SSSR count). The Hall–Kier alpha value is -3.26. The van der Waals surface area contributed by atoms with Crippen molar-refractivity contribution in [1.29, 1.82) is 0 Å². The normalized spacial score (nSPS) is 14.2. The van der Waals surface area contributed by atoms with Gasteiger partial charge in [-0.1, -0.05) is 6.07 Å². The lowest BCUT2D eigenvalue weighted by molar-refractivity contribution is -0.384. The number of anilines is 2. The maximum absolute atomic E-state index is 12.4. The molecule has 1 saturated heterocycles. The second-order valence-corrected chi connectivity index (χ2v) is 5.86. The van der Waals surface area contributed by atoms with Gasteiger partial charge in [-0.2, -0.15) is 0 Å². The number of morpholine rings is 1. The van der Waals surface area contributed by atoms with Crippen molar-refractivity contribution in [2.45, 2.75) is 6.92 Å². The van der Waals surface area contributed by atoms with Crippen molar-refractivity contribution in [2.75, 3.05) is 30.0 Å². The fourth-order valence-corrected chi connectivity index (χ4v) is 2.68. The second-order valence-electron chi connectivity index (χ2n) is 5.86. The van der Waals surface area contributed by atoms with Crippen LogP contribution < -0.4 is 10.2 Å². The lowest BCUT2D eigenvalue weighted by Gasteiger charge is -2.26. The fraction of sp³-hybridized carbons (Fsp3) is 0.222. The van der Waals surface area contributed by atoms with Gasteiger partial charge in [-0.25, -0.2) is 0 Å². The zero-order valence-electron chi connectivity index (χ0n) is 14.1. The zero-order valence-corrected chi connectivity index (χ0v) is 14.1. The van der Waals surface area contributed by atoms with Crippen LogP contribution in [0, 0.1) is 17.0 Å². The minimum Gasteiger partial charge on any atom is -0.370 e. The number of amides is 2. The highest BCUT2D eigenvalue weighted by atomic mass is 16.6. The van der Waals surface area contributed by atoms with Crippen LogP contribution in [-0.4, -0.2) is 36.5 Å². The van der Waals surface area contributed by atoms with E-state index in [9.17, 15) is 19.7 Å². The molecule has 8 heteroatoms. The predicted molar refractivity (Wildman–Crippen MR) is 95.4 cm³/mol. The summed E-state index contributed by atoms with van der Waals surface area (Å²) < 4.78 is 5.10. The van der Waals surface area contributed by atoms with Crippen LogP contribution in [0.1, 0.15) is 15.9 Å². The quantitative estimate of drug-likeness (QED) is 0.671. The van der Waals surface area contributed by atoms with E-state index in [0.29, 0.717) is 24.4 Å². The molecule has 2 aromatic carbocycles. The SMILES string of the molecule is Cc1ccc([N+](=O)[O-])cc1C(=O)Nc1ccc(N2CCOCC2=O)cc1. The molecule has 0 unspecified atom stereocenters. The summed E-state index contributed by atoms with van der Waals surface area (Å²) >= 11 is 0. The van der Waals surface area contributed by atoms with Crippen LogP contribution in [0.5, 0.6) is 0 Å². The van der Waals surface area contributed by atoms with Crippen LogP contribution in [0.3, 0.4) is 0 Å². The van der Waals surface area contributed by atoms with E-state index < -0.39 is 10.8 Å². The first kappa shape index (κ1) is 17.6. The monoisotopic (exact) mass is 355 g/mol. The molecular weight excluding hydrogens is 338 g/mol. The molecule has 8 nitrogen and oxygen atoms in total. The summed E-state index contributed by atoms with van der Waals surface area (Å²) in [4.78, 5) is 36.3. The number of nitrogens with zero attached hydrogens (tertiary/aromatic N) is 2. The summed E-state index contributed by atoms with van der Waals surface area (Å²) in [6.07, 6.45) is 0. The van der Waals surface area contributed by atoms with Gasteiger partial charge in [0.2, 0.25) is 0 Å². The van der Waals surface area contributed by atoms with E-state index in [4.69, 9.17) is 4.74 Å². The Bertz CT molecular complexity index is 864. The molecule has 0 bridgehead atoms. The van der Waals surface area contributed by atoms with E-state index in [-0.39, 0.29) is 23.8 Å². The number of non-ortho nitro benzene ring substituents is 1. The standard InChI is InChI=1S/C18H17N3O5/c1-12-2-5-15(21(24)25)10-16(12)18(23)19-13-3-6-14(7-4-13)20-8-9-26-11-17(20)22/h2-7,10H,8-9,11H2,1H3,(H,19,23). The lowest BCUT2D eigenvalue weighted by Crippen LogP contribution is -2.41. The van der Waals surface area contributed by atoms with Crippen LogP contribution in [0.2, 0.25) is 0 Å². The van der Waals surface area contributed by atoms with Crippen LogP contribution >= 0.6 is 0 Å². The maximum Gasteiger partial charge on any atom is 0.270 e. The molecule has 0 aromatic heterocycles. The van der Waals surface area contributed by atoms with Crippen LogP contribution in [0.4, 0.5) is 17.1 Å². The Labute approximate surface area is 149 Å². The molecule has 2 amide bonds. The van der Waals surface area contributed by atoms with Gasteiger partial charge in [-0.3, -0.25) is 19.7 Å². The Kier molecular flexibility index (Phi) is 4.94. The number of nitro benzene ring substituents is 1. The van der Waals surface area contributed by atoms with E-state index in [1.165, 1.54) is 12.1 Å². The topological polar surface area (TPSA) is 102 Å². The molecule has 26 heavy (non-hydrogen) atoms. The Balaban J connectivity index is 1.75. The number of benzene rings is 2. The smallest absolute Gasteiger partial charge is 0.270 e. The maximum atomic E-state index is 12.4. The minimum absolute atomic E-state index is 0.0601. The predicted octanol–water partition coefficient (Wildman–Crippen LogP) is 2.52. The largest absolute Gasteiger partial charge is 0.370 e. The molecule has 0 radical (unpaired) electrons. The van der Waals surface area contributed by atoms with E-state index in [0.717, 1.165) is 5.69 Å². The summed E-state index contributed by atoms with van der Waals surface area (Å²) in [7, 11) is 0. The Morgan fingerprint density at radius 1 is 1.23 bits per heavy atom. The van der Waals surface area contributed by atoms with Crippen molar-refractivity contribution in [2.24, 2.45) is 0 Å². The summed E-state index contributed by atoms with van der Waals surface area (Å²) in [6, 6.07) is 11.0. The van der Waals surface area contributed by atoms with Gasteiger partial charge >= 0.3 is 0 Å². The highest BCUT2D eigenvalue weighted by molar-refractivity contribution is 6.05. The molecular formula is C18H17N3O5. The van der Waals surface area contributed by atoms with E-state index >= 15 is 0 Å². The number of aryl methyl sites for hydroxylation is 1. The molecule has 1 N–H and O–H groups in total. The van der Waals surface area contributed by atoms with Crippen molar-refractivity contribution in [3.8, 4) is 0 Å². The Morgan fingerprint density at radius 3 is 2.62 bits per heavy atom.